The van der Waals surface area contributed by atoms with Crippen molar-refractivity contribution in [3.63, 3.8) is 0 Å². The standard InChI is InChI=1S/C25H24FN7O/c1-16(2)28-15-17-7-9-19(10-8-17)24-29-25(34-31-24)22-23(18-11-13-27-14-12-18)33(32-30-22)21-6-4-3-5-20(21)26/h3-14,16,24,28,31H,15H2,1-2H3. The molecule has 0 saturated heterocycles. The van der Waals surface area contributed by atoms with Crippen LogP contribution in [0.15, 0.2) is 78.0 Å². The molecule has 1 atom stereocenters. The van der Waals surface area contributed by atoms with Gasteiger partial charge in [-0.15, -0.1) is 10.6 Å². The van der Waals surface area contributed by atoms with E-state index in [9.17, 15) is 4.39 Å². The van der Waals surface area contributed by atoms with E-state index in [1.165, 1.54) is 16.3 Å². The number of pyridine rings is 1. The lowest BCUT2D eigenvalue weighted by atomic mass is 10.1. The highest BCUT2D eigenvalue weighted by atomic mass is 19.1. The zero-order chi connectivity index (χ0) is 23.5. The summed E-state index contributed by atoms with van der Waals surface area (Å²) in [6.07, 6.45) is 2.92. The van der Waals surface area contributed by atoms with Gasteiger partial charge in [0, 0.05) is 30.5 Å². The van der Waals surface area contributed by atoms with Gasteiger partial charge in [0.05, 0.1) is 0 Å². The molecule has 5 rings (SSSR count). The molecule has 0 radical (unpaired) electrons. The van der Waals surface area contributed by atoms with Gasteiger partial charge in [-0.2, -0.15) is 0 Å². The van der Waals surface area contributed by atoms with Gasteiger partial charge in [-0.05, 0) is 35.4 Å². The van der Waals surface area contributed by atoms with Gasteiger partial charge in [-0.3, -0.25) is 4.98 Å². The lowest BCUT2D eigenvalue weighted by Gasteiger charge is -2.10. The second kappa shape index (κ2) is 9.50. The Hall–Kier alpha value is -3.95. The van der Waals surface area contributed by atoms with Crippen LogP contribution in [0, 0.1) is 5.82 Å². The maximum Gasteiger partial charge on any atom is 0.265 e. The van der Waals surface area contributed by atoms with Gasteiger partial charge < -0.3 is 10.2 Å². The van der Waals surface area contributed by atoms with E-state index in [1.807, 2.05) is 24.3 Å². The van der Waals surface area contributed by atoms with Gasteiger partial charge in [-0.1, -0.05) is 55.5 Å². The molecule has 2 aromatic heterocycles. The molecule has 0 bridgehead atoms. The number of aromatic nitrogens is 4. The average Bonchev–Trinajstić information content (AvgIpc) is 3.51. The van der Waals surface area contributed by atoms with Crippen molar-refractivity contribution < 1.29 is 9.23 Å². The number of rotatable bonds is 7. The van der Waals surface area contributed by atoms with Crippen molar-refractivity contribution >= 4 is 5.90 Å². The lowest BCUT2D eigenvalue weighted by Crippen LogP contribution is -2.21. The van der Waals surface area contributed by atoms with Gasteiger partial charge >= 0.3 is 0 Å². The first kappa shape index (κ1) is 21.9. The van der Waals surface area contributed by atoms with Crippen LogP contribution in [-0.2, 0) is 11.4 Å². The summed E-state index contributed by atoms with van der Waals surface area (Å²) in [5.74, 6) is -0.128. The molecule has 9 heteroatoms. The average molecular weight is 458 g/mol. The van der Waals surface area contributed by atoms with E-state index in [4.69, 9.17) is 9.83 Å². The van der Waals surface area contributed by atoms with Crippen LogP contribution in [0.5, 0.6) is 0 Å². The first-order chi connectivity index (χ1) is 16.6. The van der Waals surface area contributed by atoms with Gasteiger partial charge in [0.2, 0.25) is 0 Å². The smallest absolute Gasteiger partial charge is 0.265 e. The van der Waals surface area contributed by atoms with E-state index in [-0.39, 0.29) is 11.6 Å². The van der Waals surface area contributed by atoms with E-state index < -0.39 is 12.0 Å². The van der Waals surface area contributed by atoms with E-state index in [2.05, 4.69) is 52.1 Å². The second-order valence-electron chi connectivity index (χ2n) is 8.22. The molecule has 1 unspecified atom stereocenters. The molecule has 0 saturated carbocycles. The van der Waals surface area contributed by atoms with Crippen molar-refractivity contribution in [2.45, 2.75) is 32.6 Å². The van der Waals surface area contributed by atoms with E-state index >= 15 is 0 Å². The maximum absolute atomic E-state index is 14.6. The Bertz CT molecular complexity index is 1300. The van der Waals surface area contributed by atoms with E-state index in [1.54, 1.807) is 30.6 Å². The largest absolute Gasteiger partial charge is 0.384 e. The third-order valence-corrected chi connectivity index (χ3v) is 5.43. The number of aliphatic imine (C=N–C) groups is 1. The molecule has 0 amide bonds. The summed E-state index contributed by atoms with van der Waals surface area (Å²) in [6.45, 7) is 5.04. The van der Waals surface area contributed by atoms with E-state index in [0.29, 0.717) is 17.4 Å². The van der Waals surface area contributed by atoms with Crippen LogP contribution in [0.1, 0.15) is 36.8 Å². The summed E-state index contributed by atoms with van der Waals surface area (Å²) in [7, 11) is 0. The minimum atomic E-state index is -0.411. The molecule has 172 valence electrons. The predicted molar refractivity (Wildman–Crippen MR) is 126 cm³/mol. The minimum Gasteiger partial charge on any atom is -0.384 e. The summed E-state index contributed by atoms with van der Waals surface area (Å²) in [4.78, 5) is 14.5. The number of nitrogens with zero attached hydrogens (tertiary/aromatic N) is 5. The lowest BCUT2D eigenvalue weighted by molar-refractivity contribution is 0.180. The van der Waals surface area contributed by atoms with Crippen molar-refractivity contribution in [2.24, 2.45) is 4.99 Å². The summed E-state index contributed by atoms with van der Waals surface area (Å²) in [5, 5.41) is 11.9. The number of hydrogen-bond donors (Lipinski definition) is 2. The molecular weight excluding hydrogens is 433 g/mol. The first-order valence-corrected chi connectivity index (χ1v) is 11.0. The Morgan fingerprint density at radius 3 is 2.56 bits per heavy atom. The fraction of sp³-hybridized carbons (Fsp3) is 0.200. The van der Waals surface area contributed by atoms with Crippen molar-refractivity contribution in [2.75, 3.05) is 0 Å². The minimum absolute atomic E-state index is 0.279. The number of hydroxylamine groups is 1. The predicted octanol–water partition coefficient (Wildman–Crippen LogP) is 3.95. The monoisotopic (exact) mass is 457 g/mol. The first-order valence-electron chi connectivity index (χ1n) is 11.0. The van der Waals surface area contributed by atoms with Crippen molar-refractivity contribution in [1.82, 2.24) is 30.8 Å². The Kier molecular flexibility index (Phi) is 6.11. The van der Waals surface area contributed by atoms with Crippen LogP contribution in [0.25, 0.3) is 16.9 Å². The van der Waals surface area contributed by atoms with Crippen molar-refractivity contribution in [1.29, 1.82) is 0 Å². The molecule has 2 aromatic carbocycles. The topological polar surface area (TPSA) is 89.3 Å². The number of nitrogens with one attached hydrogen (secondary N) is 2. The number of para-hydroxylation sites is 1. The Labute approximate surface area is 196 Å². The third-order valence-electron chi connectivity index (χ3n) is 5.43. The van der Waals surface area contributed by atoms with Crippen LogP contribution >= 0.6 is 0 Å². The fourth-order valence-corrected chi connectivity index (χ4v) is 3.66. The van der Waals surface area contributed by atoms with Gasteiger partial charge in [-0.25, -0.2) is 14.1 Å². The number of benzene rings is 2. The molecule has 3 heterocycles. The summed E-state index contributed by atoms with van der Waals surface area (Å²) >= 11 is 0. The molecule has 0 fully saturated rings. The summed E-state index contributed by atoms with van der Waals surface area (Å²) in [5.41, 5.74) is 7.09. The van der Waals surface area contributed by atoms with Crippen LogP contribution in [0.4, 0.5) is 4.39 Å². The fourth-order valence-electron chi connectivity index (χ4n) is 3.66. The van der Waals surface area contributed by atoms with E-state index in [0.717, 1.165) is 17.7 Å². The zero-order valence-corrected chi connectivity index (χ0v) is 18.8. The Morgan fingerprint density at radius 1 is 1.06 bits per heavy atom. The molecule has 4 aromatic rings. The molecule has 1 aliphatic rings. The summed E-state index contributed by atoms with van der Waals surface area (Å²) in [6, 6.07) is 18.6. The van der Waals surface area contributed by atoms with Gasteiger partial charge in [0.25, 0.3) is 5.90 Å². The van der Waals surface area contributed by atoms with Crippen LogP contribution < -0.4 is 10.8 Å². The Morgan fingerprint density at radius 2 is 1.82 bits per heavy atom. The zero-order valence-electron chi connectivity index (χ0n) is 18.8. The van der Waals surface area contributed by atoms with Crippen molar-refractivity contribution in [3.05, 3.63) is 95.7 Å². The van der Waals surface area contributed by atoms with Gasteiger partial charge in [0.15, 0.2) is 11.9 Å². The molecule has 34 heavy (non-hydrogen) atoms. The quantitative estimate of drug-likeness (QED) is 0.437. The normalized spacial score (nSPS) is 15.4. The maximum atomic E-state index is 14.6. The molecule has 0 aliphatic carbocycles. The number of halogens is 1. The highest BCUT2D eigenvalue weighted by Crippen LogP contribution is 2.29. The molecule has 1 aliphatic heterocycles. The summed E-state index contributed by atoms with van der Waals surface area (Å²) < 4.78 is 16.0. The molecular formula is C25H24FN7O. The molecule has 0 spiro atoms. The van der Waals surface area contributed by atoms with Crippen molar-refractivity contribution in [3.8, 4) is 16.9 Å². The van der Waals surface area contributed by atoms with Crippen LogP contribution in [0.3, 0.4) is 0 Å². The van der Waals surface area contributed by atoms with Gasteiger partial charge in [0.1, 0.15) is 17.2 Å². The molecule has 8 nitrogen and oxygen atoms in total. The highest BCUT2D eigenvalue weighted by molar-refractivity contribution is 5.98. The Balaban J connectivity index is 1.48. The highest BCUT2D eigenvalue weighted by Gasteiger charge is 2.29. The van der Waals surface area contributed by atoms with Crippen LogP contribution in [0.2, 0.25) is 0 Å². The third kappa shape index (κ3) is 4.43. The SMILES string of the molecule is CC(C)NCc1ccc(C2N=C(c3nnn(-c4ccccc4F)c3-c3ccncc3)ON2)cc1. The van der Waals surface area contributed by atoms with Crippen LogP contribution in [-0.4, -0.2) is 31.9 Å². The second-order valence-corrected chi connectivity index (χ2v) is 8.22. The molecule has 2 N–H and O–H groups in total. The number of hydrogen-bond acceptors (Lipinski definition) is 7.